The minimum Gasteiger partial charge on any atom is -0.388 e. The minimum absolute atomic E-state index is 0.0653. The number of aryl methyl sites for hydroxylation is 1. The summed E-state index contributed by atoms with van der Waals surface area (Å²) in [6, 6.07) is 10.8. The van der Waals surface area contributed by atoms with Crippen LogP contribution in [0.15, 0.2) is 30.3 Å². The molecule has 0 amide bonds. The maximum atomic E-state index is 5.02. The summed E-state index contributed by atoms with van der Waals surface area (Å²) in [5.41, 5.74) is 7.93. The Labute approximate surface area is 173 Å². The van der Waals surface area contributed by atoms with E-state index in [4.69, 9.17) is 5.10 Å². The van der Waals surface area contributed by atoms with E-state index in [-0.39, 0.29) is 5.41 Å². The van der Waals surface area contributed by atoms with Crippen molar-refractivity contribution >= 4 is 28.0 Å². The molecule has 1 saturated carbocycles. The van der Waals surface area contributed by atoms with Crippen LogP contribution < -0.4 is 16.0 Å². The second-order valence-electron chi connectivity index (χ2n) is 8.31. The summed E-state index contributed by atoms with van der Waals surface area (Å²) in [5.74, 6) is 0.706. The van der Waals surface area contributed by atoms with E-state index >= 15 is 0 Å². The molecule has 1 aromatic heterocycles. The quantitative estimate of drug-likeness (QED) is 0.515. The van der Waals surface area contributed by atoms with Crippen LogP contribution in [0.2, 0.25) is 0 Å². The Balaban J connectivity index is 1.99. The van der Waals surface area contributed by atoms with Crippen molar-refractivity contribution in [3.05, 3.63) is 42.9 Å². The van der Waals surface area contributed by atoms with Crippen molar-refractivity contribution in [2.24, 2.45) is 13.0 Å². The fraction of sp³-hybridized carbons (Fsp3) is 0.417. The summed E-state index contributed by atoms with van der Waals surface area (Å²) >= 11 is 0. The van der Waals surface area contributed by atoms with Gasteiger partial charge in [-0.3, -0.25) is 4.68 Å². The second-order valence-corrected chi connectivity index (χ2v) is 8.31. The van der Waals surface area contributed by atoms with Gasteiger partial charge in [0.05, 0.1) is 5.69 Å². The van der Waals surface area contributed by atoms with E-state index in [2.05, 4.69) is 71.9 Å². The molecule has 0 saturated heterocycles. The van der Waals surface area contributed by atoms with Gasteiger partial charge in [0.2, 0.25) is 0 Å². The van der Waals surface area contributed by atoms with Crippen LogP contribution in [0.25, 0.3) is 22.0 Å². The lowest BCUT2D eigenvalue weighted by atomic mass is 9.77. The molecular weight excluding hydrogens is 358 g/mol. The average Bonchev–Trinajstić information content (AvgIpc) is 3.54. The predicted octanol–water partition coefficient (Wildman–Crippen LogP) is 5.26. The van der Waals surface area contributed by atoms with E-state index in [0.717, 1.165) is 40.1 Å². The fourth-order valence-electron chi connectivity index (χ4n) is 4.80. The number of hydrogen-bond acceptors (Lipinski definition) is 4. The van der Waals surface area contributed by atoms with E-state index in [1.807, 2.05) is 21.1 Å². The zero-order valence-corrected chi connectivity index (χ0v) is 18.2. The molecule has 1 atom stereocenters. The first-order valence-corrected chi connectivity index (χ1v) is 10.5. The molecule has 153 valence electrons. The Morgan fingerprint density at radius 2 is 1.76 bits per heavy atom. The molecule has 5 heteroatoms. The Bertz CT molecular complexity index is 1020. The molecule has 2 aromatic carbocycles. The maximum Gasteiger partial charge on any atom is 0.101 e. The lowest BCUT2D eigenvalue weighted by molar-refractivity contribution is 0.385. The van der Waals surface area contributed by atoms with Crippen molar-refractivity contribution in [3.8, 4) is 11.1 Å². The normalized spacial score (nSPS) is 15.9. The van der Waals surface area contributed by atoms with Gasteiger partial charge < -0.3 is 16.0 Å². The SMILES string of the molecule is [CH2]CC(C)(c1c2cccc(-c3c(NC)cc(NC)cc3NC)c2nn1C)C1CC1. The Kier molecular flexibility index (Phi) is 4.93. The van der Waals surface area contributed by atoms with E-state index in [1.54, 1.807) is 0 Å². The molecule has 0 aliphatic heterocycles. The van der Waals surface area contributed by atoms with Crippen LogP contribution in [0.1, 0.15) is 31.9 Å². The molecule has 3 N–H and O–H groups in total. The second kappa shape index (κ2) is 7.29. The molecule has 1 heterocycles. The predicted molar refractivity (Wildman–Crippen MR) is 125 cm³/mol. The van der Waals surface area contributed by atoms with Gasteiger partial charge in [0.1, 0.15) is 5.52 Å². The smallest absolute Gasteiger partial charge is 0.101 e. The zero-order chi connectivity index (χ0) is 20.8. The van der Waals surface area contributed by atoms with E-state index in [0.29, 0.717) is 5.92 Å². The van der Waals surface area contributed by atoms with E-state index < -0.39 is 0 Å². The van der Waals surface area contributed by atoms with Crippen molar-refractivity contribution < 1.29 is 0 Å². The number of rotatable bonds is 7. The highest BCUT2D eigenvalue weighted by atomic mass is 15.3. The Morgan fingerprint density at radius 3 is 2.28 bits per heavy atom. The highest BCUT2D eigenvalue weighted by Crippen LogP contribution is 2.51. The molecule has 1 radical (unpaired) electrons. The number of aromatic nitrogens is 2. The highest BCUT2D eigenvalue weighted by molar-refractivity contribution is 6.03. The first-order chi connectivity index (χ1) is 14.0. The van der Waals surface area contributed by atoms with Crippen LogP contribution in [0.5, 0.6) is 0 Å². The third-order valence-electron chi connectivity index (χ3n) is 6.64. The van der Waals surface area contributed by atoms with Crippen molar-refractivity contribution in [3.63, 3.8) is 0 Å². The van der Waals surface area contributed by atoms with E-state index in [1.165, 1.54) is 23.9 Å². The van der Waals surface area contributed by atoms with Crippen LogP contribution in [-0.2, 0) is 12.5 Å². The van der Waals surface area contributed by atoms with Gasteiger partial charge in [0.15, 0.2) is 0 Å². The number of anilines is 3. The van der Waals surface area contributed by atoms with Gasteiger partial charge in [-0.2, -0.15) is 5.10 Å². The number of nitrogens with one attached hydrogen (secondary N) is 3. The van der Waals surface area contributed by atoms with Crippen LogP contribution >= 0.6 is 0 Å². The third kappa shape index (κ3) is 3.04. The topological polar surface area (TPSA) is 53.9 Å². The van der Waals surface area contributed by atoms with Gasteiger partial charge in [-0.05, 0) is 37.3 Å². The number of benzene rings is 2. The molecule has 1 aliphatic rings. The van der Waals surface area contributed by atoms with Gasteiger partial charge in [0.25, 0.3) is 0 Å². The molecule has 0 bridgehead atoms. The summed E-state index contributed by atoms with van der Waals surface area (Å²) in [6.07, 6.45) is 3.46. The van der Waals surface area contributed by atoms with Gasteiger partial charge in [-0.15, -0.1) is 0 Å². The van der Waals surface area contributed by atoms with Crippen LogP contribution in [0, 0.1) is 12.8 Å². The Hall–Kier alpha value is -2.69. The van der Waals surface area contributed by atoms with Gasteiger partial charge in [-0.25, -0.2) is 0 Å². The van der Waals surface area contributed by atoms with E-state index in [9.17, 15) is 0 Å². The van der Waals surface area contributed by atoms with Crippen molar-refractivity contribution in [1.29, 1.82) is 0 Å². The molecule has 1 unspecified atom stereocenters. The number of hydrogen-bond donors (Lipinski definition) is 3. The first-order valence-electron chi connectivity index (χ1n) is 10.5. The molecule has 1 aliphatic carbocycles. The molecular formula is C24H32N5. The summed E-state index contributed by atoms with van der Waals surface area (Å²) < 4.78 is 2.09. The standard InChI is InChI=1S/C24H32N5/c1-7-24(2,15-11-12-15)23-18-10-8-9-17(22(18)28-29(23)6)21-19(26-4)13-16(25-3)14-20(21)27-5/h8-10,13-15,25-27H,1,7,11-12H2,2-6H3. The van der Waals surface area contributed by atoms with Crippen LogP contribution in [-0.4, -0.2) is 30.9 Å². The average molecular weight is 391 g/mol. The molecule has 29 heavy (non-hydrogen) atoms. The Morgan fingerprint density at radius 1 is 1.10 bits per heavy atom. The zero-order valence-electron chi connectivity index (χ0n) is 18.2. The highest BCUT2D eigenvalue weighted by Gasteiger charge is 2.44. The summed E-state index contributed by atoms with van der Waals surface area (Å²) in [4.78, 5) is 0. The van der Waals surface area contributed by atoms with Crippen molar-refractivity contribution in [2.45, 2.75) is 31.6 Å². The third-order valence-corrected chi connectivity index (χ3v) is 6.64. The first kappa shape index (κ1) is 19.6. The maximum absolute atomic E-state index is 5.02. The molecule has 4 rings (SSSR count). The van der Waals surface area contributed by atoms with Gasteiger partial charge in [0, 0.05) is 67.2 Å². The molecule has 5 nitrogen and oxygen atoms in total. The minimum atomic E-state index is 0.0653. The summed E-state index contributed by atoms with van der Waals surface area (Å²) in [6.45, 7) is 6.67. The lowest BCUT2D eigenvalue weighted by Gasteiger charge is -2.29. The van der Waals surface area contributed by atoms with Crippen LogP contribution in [0.4, 0.5) is 17.1 Å². The molecule has 0 spiro atoms. The van der Waals surface area contributed by atoms with Crippen molar-refractivity contribution in [1.82, 2.24) is 9.78 Å². The lowest BCUT2D eigenvalue weighted by Crippen LogP contribution is -2.27. The fourth-order valence-corrected chi connectivity index (χ4v) is 4.80. The largest absolute Gasteiger partial charge is 0.388 e. The number of nitrogens with zero attached hydrogens (tertiary/aromatic N) is 2. The summed E-state index contributed by atoms with van der Waals surface area (Å²) in [7, 11) is 7.96. The van der Waals surface area contributed by atoms with Crippen molar-refractivity contribution in [2.75, 3.05) is 37.1 Å². The van der Waals surface area contributed by atoms with Gasteiger partial charge >= 0.3 is 0 Å². The molecule has 1 fully saturated rings. The number of fused-ring (bicyclic) bond motifs is 1. The summed E-state index contributed by atoms with van der Waals surface area (Å²) in [5, 5.41) is 16.3. The van der Waals surface area contributed by atoms with Gasteiger partial charge in [-0.1, -0.05) is 32.0 Å². The van der Waals surface area contributed by atoms with Crippen LogP contribution in [0.3, 0.4) is 0 Å². The molecule has 3 aromatic rings. The monoisotopic (exact) mass is 390 g/mol.